The summed E-state index contributed by atoms with van der Waals surface area (Å²) >= 11 is 2.91. The number of carbonyl (C=O) groups excluding carboxylic acids is 1. The van der Waals surface area contributed by atoms with Crippen molar-refractivity contribution in [2.24, 2.45) is 0 Å². The zero-order chi connectivity index (χ0) is 19.0. The summed E-state index contributed by atoms with van der Waals surface area (Å²) < 4.78 is 77.6. The fourth-order valence-corrected chi connectivity index (χ4v) is 2.36. The van der Waals surface area contributed by atoms with Crippen LogP contribution >= 0.6 is 15.9 Å². The van der Waals surface area contributed by atoms with Crippen molar-refractivity contribution in [2.75, 3.05) is 5.32 Å². The fourth-order valence-electron chi connectivity index (χ4n) is 1.99. The molecule has 0 fully saturated rings. The first-order valence-electron chi connectivity index (χ1n) is 6.66. The number of benzene rings is 1. The third-order valence-corrected chi connectivity index (χ3v) is 3.62. The quantitative estimate of drug-likeness (QED) is 0.723. The molecule has 136 valence electrons. The van der Waals surface area contributed by atoms with Gasteiger partial charge in [0.1, 0.15) is 6.54 Å². The van der Waals surface area contributed by atoms with E-state index in [1.165, 1.54) is 13.0 Å². The molecule has 0 aliphatic heterocycles. The number of nitrogens with one attached hydrogen (secondary N) is 1. The molecule has 0 bridgehead atoms. The molecule has 25 heavy (non-hydrogen) atoms. The molecule has 4 nitrogen and oxygen atoms in total. The molecule has 0 aliphatic carbocycles. The van der Waals surface area contributed by atoms with Crippen LogP contribution in [0, 0.1) is 6.92 Å². The maximum atomic E-state index is 13.0. The van der Waals surface area contributed by atoms with Crippen LogP contribution in [0.4, 0.5) is 32.0 Å². The summed E-state index contributed by atoms with van der Waals surface area (Å²) in [7, 11) is 0. The summed E-state index contributed by atoms with van der Waals surface area (Å²) in [5, 5.41) is 5.30. The van der Waals surface area contributed by atoms with Gasteiger partial charge in [-0.1, -0.05) is 15.9 Å². The first kappa shape index (κ1) is 19.3. The van der Waals surface area contributed by atoms with Crippen molar-refractivity contribution in [3.05, 3.63) is 45.7 Å². The molecule has 1 aromatic carbocycles. The number of aryl methyl sites for hydroxylation is 1. The third kappa shape index (κ3) is 4.74. The van der Waals surface area contributed by atoms with Crippen molar-refractivity contribution < 1.29 is 31.1 Å². The number of hydrogen-bond acceptors (Lipinski definition) is 2. The van der Waals surface area contributed by atoms with E-state index in [1.54, 1.807) is 0 Å². The Morgan fingerprint density at radius 3 is 2.32 bits per heavy atom. The molecule has 11 heteroatoms. The lowest BCUT2D eigenvalue weighted by molar-refractivity contribution is -0.141. The summed E-state index contributed by atoms with van der Waals surface area (Å²) in [6.45, 7) is 0.644. The van der Waals surface area contributed by atoms with E-state index in [0.717, 1.165) is 22.9 Å². The number of halogens is 7. The smallest absolute Gasteiger partial charge is 0.324 e. The molecule has 0 saturated carbocycles. The molecule has 0 radical (unpaired) electrons. The van der Waals surface area contributed by atoms with Crippen LogP contribution in [0.1, 0.15) is 17.0 Å². The van der Waals surface area contributed by atoms with Crippen LogP contribution in [0.3, 0.4) is 0 Å². The van der Waals surface area contributed by atoms with Gasteiger partial charge in [0.15, 0.2) is 5.69 Å². The largest absolute Gasteiger partial charge is 0.435 e. The van der Waals surface area contributed by atoms with E-state index in [2.05, 4.69) is 21.0 Å². The maximum absolute atomic E-state index is 13.0. The number of alkyl halides is 6. The molecule has 0 spiro atoms. The summed E-state index contributed by atoms with van der Waals surface area (Å²) in [4.78, 5) is 11.9. The van der Waals surface area contributed by atoms with Gasteiger partial charge >= 0.3 is 12.4 Å². The number of anilines is 1. The predicted octanol–water partition coefficient (Wildman–Crippen LogP) is 4.63. The Bertz CT molecular complexity index is 797. The van der Waals surface area contributed by atoms with Crippen molar-refractivity contribution in [3.63, 3.8) is 0 Å². The van der Waals surface area contributed by atoms with Gasteiger partial charge in [0.05, 0.1) is 11.3 Å². The van der Waals surface area contributed by atoms with Gasteiger partial charge in [-0.3, -0.25) is 9.48 Å². The number of carbonyl (C=O) groups is 1. The normalized spacial score (nSPS) is 12.3. The van der Waals surface area contributed by atoms with Crippen LogP contribution in [0.25, 0.3) is 0 Å². The van der Waals surface area contributed by atoms with E-state index in [9.17, 15) is 31.1 Å². The highest BCUT2D eigenvalue weighted by Crippen LogP contribution is 2.36. The Morgan fingerprint density at radius 1 is 1.16 bits per heavy atom. The van der Waals surface area contributed by atoms with Crippen molar-refractivity contribution in [2.45, 2.75) is 25.8 Å². The highest BCUT2D eigenvalue weighted by atomic mass is 79.9. The topological polar surface area (TPSA) is 46.9 Å². The zero-order valence-corrected chi connectivity index (χ0v) is 14.1. The number of hydrogen-bond donors (Lipinski definition) is 1. The molecular weight excluding hydrogens is 420 g/mol. The summed E-state index contributed by atoms with van der Waals surface area (Å²) in [5.41, 5.74) is -2.71. The first-order valence-corrected chi connectivity index (χ1v) is 7.45. The second-order valence-corrected chi connectivity index (χ2v) is 5.98. The van der Waals surface area contributed by atoms with Gasteiger partial charge in [0.25, 0.3) is 0 Å². The molecule has 1 heterocycles. The van der Waals surface area contributed by atoms with E-state index in [4.69, 9.17) is 0 Å². The molecule has 1 amide bonds. The van der Waals surface area contributed by atoms with Crippen molar-refractivity contribution in [3.8, 4) is 0 Å². The van der Waals surface area contributed by atoms with Crippen LogP contribution in [0.5, 0.6) is 0 Å². The molecule has 0 unspecified atom stereocenters. The van der Waals surface area contributed by atoms with E-state index < -0.39 is 41.7 Å². The fraction of sp³-hybridized carbons (Fsp3) is 0.286. The summed E-state index contributed by atoms with van der Waals surface area (Å²) in [6.07, 6.45) is -9.39. The minimum atomic E-state index is -4.71. The molecule has 2 rings (SSSR count). The average molecular weight is 430 g/mol. The Labute approximate surface area is 145 Å². The SMILES string of the molecule is Cc1cc(C(F)(F)F)nn1CC(=O)Nc1ccc(Br)cc1C(F)(F)F. The molecule has 0 aliphatic rings. The molecule has 2 aromatic rings. The Kier molecular flexibility index (Phi) is 5.17. The average Bonchev–Trinajstić information content (AvgIpc) is 2.81. The second kappa shape index (κ2) is 6.70. The minimum Gasteiger partial charge on any atom is -0.324 e. The Hall–Kier alpha value is -2.04. The van der Waals surface area contributed by atoms with Crippen LogP contribution in [0.2, 0.25) is 0 Å². The predicted molar refractivity (Wildman–Crippen MR) is 79.7 cm³/mol. The van der Waals surface area contributed by atoms with Crippen molar-refractivity contribution in [1.29, 1.82) is 0 Å². The van der Waals surface area contributed by atoms with Crippen molar-refractivity contribution >= 4 is 27.5 Å². The van der Waals surface area contributed by atoms with Gasteiger partial charge < -0.3 is 5.32 Å². The minimum absolute atomic E-state index is 0.0503. The second-order valence-electron chi connectivity index (χ2n) is 5.06. The van der Waals surface area contributed by atoms with E-state index in [0.29, 0.717) is 0 Å². The van der Waals surface area contributed by atoms with Crippen LogP contribution in [-0.4, -0.2) is 15.7 Å². The molecule has 0 saturated heterocycles. The molecule has 1 N–H and O–H groups in total. The van der Waals surface area contributed by atoms with Gasteiger partial charge in [0.2, 0.25) is 5.91 Å². The molecular formula is C14H10BrF6N3O. The highest BCUT2D eigenvalue weighted by molar-refractivity contribution is 9.10. The van der Waals surface area contributed by atoms with Gasteiger partial charge in [0, 0.05) is 10.2 Å². The number of aromatic nitrogens is 2. The van der Waals surface area contributed by atoms with Gasteiger partial charge in [-0.2, -0.15) is 31.4 Å². The monoisotopic (exact) mass is 429 g/mol. The van der Waals surface area contributed by atoms with Crippen LogP contribution in [-0.2, 0) is 23.7 Å². The van der Waals surface area contributed by atoms with Gasteiger partial charge in [-0.15, -0.1) is 0 Å². The van der Waals surface area contributed by atoms with E-state index >= 15 is 0 Å². The van der Waals surface area contributed by atoms with Crippen LogP contribution in [0.15, 0.2) is 28.7 Å². The van der Waals surface area contributed by atoms with Gasteiger partial charge in [-0.25, -0.2) is 0 Å². The lowest BCUT2D eigenvalue weighted by atomic mass is 10.1. The summed E-state index contributed by atoms with van der Waals surface area (Å²) in [6, 6.07) is 3.87. The summed E-state index contributed by atoms with van der Waals surface area (Å²) in [5.74, 6) is -0.937. The van der Waals surface area contributed by atoms with Crippen molar-refractivity contribution in [1.82, 2.24) is 9.78 Å². The lowest BCUT2D eigenvalue weighted by Crippen LogP contribution is -2.22. The first-order chi connectivity index (χ1) is 11.4. The lowest BCUT2D eigenvalue weighted by Gasteiger charge is -2.14. The maximum Gasteiger partial charge on any atom is 0.435 e. The Balaban J connectivity index is 2.21. The third-order valence-electron chi connectivity index (χ3n) is 3.13. The molecule has 1 aromatic heterocycles. The van der Waals surface area contributed by atoms with E-state index in [1.807, 2.05) is 5.32 Å². The number of rotatable bonds is 3. The van der Waals surface area contributed by atoms with E-state index in [-0.39, 0.29) is 10.2 Å². The van der Waals surface area contributed by atoms with Gasteiger partial charge in [-0.05, 0) is 31.2 Å². The zero-order valence-electron chi connectivity index (χ0n) is 12.5. The Morgan fingerprint density at radius 2 is 1.80 bits per heavy atom. The molecule has 0 atom stereocenters. The number of amides is 1. The highest BCUT2D eigenvalue weighted by Gasteiger charge is 2.35. The number of nitrogens with zero attached hydrogens (tertiary/aromatic N) is 2. The standard InChI is InChI=1S/C14H10BrF6N3O/c1-7-4-11(14(19,20)21)23-24(7)6-12(25)22-10-3-2-8(15)5-9(10)13(16,17)18/h2-5H,6H2,1H3,(H,22,25). The van der Waals surface area contributed by atoms with Crippen LogP contribution < -0.4 is 5.32 Å².